The molecule has 0 unspecified atom stereocenters. The van der Waals surface area contributed by atoms with Crippen LogP contribution in [0.1, 0.15) is 22.8 Å². The molecule has 2 aromatic carbocycles. The Hall–Kier alpha value is -3.75. The third-order valence-electron chi connectivity index (χ3n) is 3.80. The molecule has 3 rings (SSSR count). The molecule has 0 saturated heterocycles. The first-order valence-corrected chi connectivity index (χ1v) is 8.13. The van der Waals surface area contributed by atoms with E-state index in [0.29, 0.717) is 5.75 Å². The topological polar surface area (TPSA) is 119 Å². The van der Waals surface area contributed by atoms with Gasteiger partial charge in [-0.2, -0.15) is 0 Å². The summed E-state index contributed by atoms with van der Waals surface area (Å²) in [5, 5.41) is 22.6. The van der Waals surface area contributed by atoms with Gasteiger partial charge in [0.2, 0.25) is 0 Å². The average Bonchev–Trinajstić information content (AvgIpc) is 3.21. The fourth-order valence-corrected chi connectivity index (χ4v) is 2.31. The van der Waals surface area contributed by atoms with Crippen LogP contribution < -0.4 is 10.1 Å². The zero-order chi connectivity index (χ0) is 19.2. The number of nitrogens with one attached hydrogen (secondary N) is 1. The van der Waals surface area contributed by atoms with E-state index in [4.69, 9.17) is 9.84 Å². The average molecular weight is 367 g/mol. The maximum absolute atomic E-state index is 12.2. The van der Waals surface area contributed by atoms with Crippen LogP contribution >= 0.6 is 0 Å². The maximum atomic E-state index is 12.2. The summed E-state index contributed by atoms with van der Waals surface area (Å²) in [4.78, 5) is 23.0. The molecule has 3 aromatic rings. The third kappa shape index (κ3) is 4.66. The summed E-state index contributed by atoms with van der Waals surface area (Å²) in [7, 11) is 0. The Bertz CT molecular complexity index is 908. The van der Waals surface area contributed by atoms with E-state index in [1.54, 1.807) is 43.3 Å². The molecule has 0 aliphatic rings. The lowest BCUT2D eigenvalue weighted by Crippen LogP contribution is -2.35. The summed E-state index contributed by atoms with van der Waals surface area (Å²) in [5.74, 6) is -0.721. The van der Waals surface area contributed by atoms with E-state index < -0.39 is 12.1 Å². The number of hydrogen-bond acceptors (Lipinski definition) is 6. The van der Waals surface area contributed by atoms with Crippen LogP contribution in [0, 0.1) is 0 Å². The van der Waals surface area contributed by atoms with Crippen LogP contribution in [-0.2, 0) is 11.3 Å². The summed E-state index contributed by atoms with van der Waals surface area (Å²) < 4.78 is 7.15. The molecule has 1 aromatic heterocycles. The first-order valence-electron chi connectivity index (χ1n) is 8.13. The molecule has 0 fully saturated rings. The molecular weight excluding hydrogens is 350 g/mol. The van der Waals surface area contributed by atoms with Crippen LogP contribution in [0.15, 0.2) is 54.9 Å². The van der Waals surface area contributed by atoms with Crippen molar-refractivity contribution in [2.24, 2.45) is 0 Å². The number of amides is 1. The molecule has 2 N–H and O–H groups in total. The minimum absolute atomic E-state index is 0.201. The molecule has 0 spiro atoms. The third-order valence-corrected chi connectivity index (χ3v) is 3.80. The highest BCUT2D eigenvalue weighted by atomic mass is 16.5. The number of carbonyl (C=O) groups excluding carboxylic acids is 1. The number of benzene rings is 2. The van der Waals surface area contributed by atoms with Gasteiger partial charge in [0.25, 0.3) is 5.91 Å². The number of hydrogen-bond donors (Lipinski definition) is 2. The number of aromatic nitrogens is 4. The Morgan fingerprint density at radius 3 is 2.44 bits per heavy atom. The van der Waals surface area contributed by atoms with E-state index in [-0.39, 0.29) is 18.0 Å². The van der Waals surface area contributed by atoms with Crippen molar-refractivity contribution in [3.8, 4) is 11.4 Å². The number of aromatic carboxylic acids is 1. The Kier molecular flexibility index (Phi) is 5.41. The van der Waals surface area contributed by atoms with Crippen molar-refractivity contribution in [1.82, 2.24) is 25.5 Å². The van der Waals surface area contributed by atoms with Gasteiger partial charge in [-0.15, -0.1) is 5.10 Å². The normalized spacial score (nSPS) is 11.6. The van der Waals surface area contributed by atoms with Gasteiger partial charge in [0.05, 0.1) is 11.3 Å². The van der Waals surface area contributed by atoms with Gasteiger partial charge in [-0.25, -0.2) is 9.48 Å². The van der Waals surface area contributed by atoms with E-state index in [0.717, 1.165) is 11.3 Å². The zero-order valence-corrected chi connectivity index (χ0v) is 14.4. The van der Waals surface area contributed by atoms with Gasteiger partial charge in [0.15, 0.2) is 6.10 Å². The molecule has 0 saturated carbocycles. The number of rotatable bonds is 7. The Balaban J connectivity index is 1.52. The fourth-order valence-electron chi connectivity index (χ4n) is 2.31. The molecule has 9 nitrogen and oxygen atoms in total. The molecule has 1 amide bonds. The standard InChI is InChI=1S/C18H17N5O4/c1-12(17(24)19-10-13-2-4-14(5-3-13)18(25)26)27-16-8-6-15(7-9-16)23-11-20-21-22-23/h2-9,11-12H,10H2,1H3,(H,19,24)(H,25,26)/t12-/m0/s1. The number of tetrazole rings is 1. The monoisotopic (exact) mass is 367 g/mol. The summed E-state index contributed by atoms with van der Waals surface area (Å²) in [6.45, 7) is 1.93. The smallest absolute Gasteiger partial charge is 0.335 e. The molecule has 1 heterocycles. The second-order valence-electron chi connectivity index (χ2n) is 5.73. The molecule has 1 atom stereocenters. The lowest BCUT2D eigenvalue weighted by atomic mass is 10.1. The first kappa shape index (κ1) is 18.1. The second kappa shape index (κ2) is 8.09. The van der Waals surface area contributed by atoms with Gasteiger partial charge in [-0.05, 0) is 59.3 Å². The SMILES string of the molecule is C[C@H](Oc1ccc(-n2cnnn2)cc1)C(=O)NCc1ccc(C(=O)O)cc1. The Morgan fingerprint density at radius 2 is 1.85 bits per heavy atom. The number of nitrogens with zero attached hydrogens (tertiary/aromatic N) is 4. The second-order valence-corrected chi connectivity index (χ2v) is 5.73. The maximum Gasteiger partial charge on any atom is 0.335 e. The van der Waals surface area contributed by atoms with Gasteiger partial charge in [0.1, 0.15) is 12.1 Å². The van der Waals surface area contributed by atoms with Crippen LogP contribution in [0.4, 0.5) is 0 Å². The van der Waals surface area contributed by atoms with Gasteiger partial charge in [-0.1, -0.05) is 12.1 Å². The quantitative estimate of drug-likeness (QED) is 0.648. The van der Waals surface area contributed by atoms with Crippen molar-refractivity contribution in [2.45, 2.75) is 19.6 Å². The van der Waals surface area contributed by atoms with Gasteiger partial charge in [0, 0.05) is 6.54 Å². The van der Waals surface area contributed by atoms with Crippen molar-refractivity contribution in [3.05, 3.63) is 66.0 Å². The summed E-state index contributed by atoms with van der Waals surface area (Å²) >= 11 is 0. The molecule has 0 aliphatic carbocycles. The van der Waals surface area contributed by atoms with Crippen molar-refractivity contribution < 1.29 is 19.4 Å². The van der Waals surface area contributed by atoms with Crippen molar-refractivity contribution in [2.75, 3.05) is 0 Å². The highest BCUT2D eigenvalue weighted by molar-refractivity contribution is 5.87. The van der Waals surface area contributed by atoms with Crippen molar-refractivity contribution in [3.63, 3.8) is 0 Å². The molecule has 27 heavy (non-hydrogen) atoms. The van der Waals surface area contributed by atoms with Crippen LogP contribution in [0.3, 0.4) is 0 Å². The lowest BCUT2D eigenvalue weighted by Gasteiger charge is -2.15. The van der Waals surface area contributed by atoms with Gasteiger partial charge < -0.3 is 15.2 Å². The van der Waals surface area contributed by atoms with Crippen LogP contribution in [0.25, 0.3) is 5.69 Å². The largest absolute Gasteiger partial charge is 0.481 e. The number of carboxylic acid groups (broad SMARTS) is 1. The lowest BCUT2D eigenvalue weighted by molar-refractivity contribution is -0.127. The molecular formula is C18H17N5O4. The van der Waals surface area contributed by atoms with E-state index >= 15 is 0 Å². The van der Waals surface area contributed by atoms with Crippen LogP contribution in [0.5, 0.6) is 5.75 Å². The molecule has 9 heteroatoms. The molecule has 0 radical (unpaired) electrons. The van der Waals surface area contributed by atoms with Crippen LogP contribution in [0.2, 0.25) is 0 Å². The van der Waals surface area contributed by atoms with E-state index in [1.807, 2.05) is 0 Å². The predicted molar refractivity (Wildman–Crippen MR) is 94.5 cm³/mol. The first-order chi connectivity index (χ1) is 13.0. The van der Waals surface area contributed by atoms with E-state index in [9.17, 15) is 9.59 Å². The predicted octanol–water partition coefficient (Wildman–Crippen LogP) is 1.44. The highest BCUT2D eigenvalue weighted by Gasteiger charge is 2.14. The minimum Gasteiger partial charge on any atom is -0.481 e. The van der Waals surface area contributed by atoms with Crippen molar-refractivity contribution in [1.29, 1.82) is 0 Å². The van der Waals surface area contributed by atoms with E-state index in [1.165, 1.54) is 23.1 Å². The minimum atomic E-state index is -0.987. The summed E-state index contributed by atoms with van der Waals surface area (Å²) in [6, 6.07) is 13.3. The number of ether oxygens (including phenoxy) is 1. The number of carboxylic acids is 1. The summed E-state index contributed by atoms with van der Waals surface area (Å²) in [6.07, 6.45) is 0.789. The Morgan fingerprint density at radius 1 is 1.15 bits per heavy atom. The fraction of sp³-hybridized carbons (Fsp3) is 0.167. The van der Waals surface area contributed by atoms with Gasteiger partial charge >= 0.3 is 5.97 Å². The van der Waals surface area contributed by atoms with Crippen LogP contribution in [-0.4, -0.2) is 43.3 Å². The molecule has 0 aliphatic heterocycles. The van der Waals surface area contributed by atoms with Gasteiger partial charge in [-0.3, -0.25) is 4.79 Å². The van der Waals surface area contributed by atoms with E-state index in [2.05, 4.69) is 20.8 Å². The number of carbonyl (C=O) groups is 2. The molecule has 138 valence electrons. The Labute approximate surface area is 154 Å². The van der Waals surface area contributed by atoms with Crippen molar-refractivity contribution >= 4 is 11.9 Å². The highest BCUT2D eigenvalue weighted by Crippen LogP contribution is 2.16. The summed E-state index contributed by atoms with van der Waals surface area (Å²) in [5.41, 5.74) is 1.77. The molecule has 0 bridgehead atoms. The zero-order valence-electron chi connectivity index (χ0n) is 14.4.